The van der Waals surface area contributed by atoms with Crippen molar-refractivity contribution in [1.82, 2.24) is 5.48 Å². The fourth-order valence-electron chi connectivity index (χ4n) is 2.88. The van der Waals surface area contributed by atoms with Gasteiger partial charge in [0.05, 0.1) is 6.61 Å². The summed E-state index contributed by atoms with van der Waals surface area (Å²) >= 11 is 0. The monoisotopic (exact) mass is 199 g/mol. The van der Waals surface area contributed by atoms with E-state index in [9.17, 15) is 0 Å². The van der Waals surface area contributed by atoms with Gasteiger partial charge in [-0.15, -0.1) is 0 Å². The van der Waals surface area contributed by atoms with Crippen LogP contribution in [0.3, 0.4) is 0 Å². The Morgan fingerprint density at radius 1 is 1.36 bits per heavy atom. The summed E-state index contributed by atoms with van der Waals surface area (Å²) in [4.78, 5) is 5.35. The van der Waals surface area contributed by atoms with Gasteiger partial charge < -0.3 is 9.57 Å². The maximum absolute atomic E-state index is 5.44. The molecule has 82 valence electrons. The van der Waals surface area contributed by atoms with Crippen molar-refractivity contribution in [2.75, 3.05) is 19.8 Å². The molecule has 1 N–H and O–H groups in total. The minimum Gasteiger partial charge on any atom is -0.381 e. The Hall–Kier alpha value is -0.120. The third-order valence-corrected chi connectivity index (χ3v) is 3.77. The molecule has 0 aromatic carbocycles. The lowest BCUT2D eigenvalue weighted by molar-refractivity contribution is -0.0497. The van der Waals surface area contributed by atoms with Gasteiger partial charge in [-0.2, -0.15) is 5.48 Å². The zero-order valence-corrected chi connectivity index (χ0v) is 9.05. The second-order valence-electron chi connectivity index (χ2n) is 4.47. The van der Waals surface area contributed by atoms with Gasteiger partial charge in [0.1, 0.15) is 0 Å². The fraction of sp³-hybridized carbons (Fsp3) is 1.00. The van der Waals surface area contributed by atoms with Crippen LogP contribution in [-0.2, 0) is 9.57 Å². The SMILES string of the molecule is CCONC1CCCC12CCOCC2. The first-order valence-corrected chi connectivity index (χ1v) is 5.82. The Balaban J connectivity index is 1.93. The molecule has 2 rings (SSSR count). The van der Waals surface area contributed by atoms with E-state index in [-0.39, 0.29) is 0 Å². The molecule has 1 spiro atoms. The van der Waals surface area contributed by atoms with Crippen molar-refractivity contribution >= 4 is 0 Å². The van der Waals surface area contributed by atoms with Gasteiger partial charge in [0.2, 0.25) is 0 Å². The minimum absolute atomic E-state index is 0.480. The number of rotatable bonds is 3. The van der Waals surface area contributed by atoms with E-state index in [1.54, 1.807) is 0 Å². The number of hydroxylamine groups is 1. The van der Waals surface area contributed by atoms with Crippen LogP contribution in [-0.4, -0.2) is 25.9 Å². The Morgan fingerprint density at radius 3 is 2.86 bits per heavy atom. The average molecular weight is 199 g/mol. The molecule has 14 heavy (non-hydrogen) atoms. The number of hydrogen-bond donors (Lipinski definition) is 1. The largest absolute Gasteiger partial charge is 0.381 e. The van der Waals surface area contributed by atoms with Crippen LogP contribution in [0.1, 0.15) is 39.0 Å². The van der Waals surface area contributed by atoms with Gasteiger partial charge in [0.15, 0.2) is 0 Å². The van der Waals surface area contributed by atoms with E-state index in [1.807, 2.05) is 6.92 Å². The number of ether oxygens (including phenoxy) is 1. The van der Waals surface area contributed by atoms with Crippen LogP contribution in [0.25, 0.3) is 0 Å². The van der Waals surface area contributed by atoms with E-state index >= 15 is 0 Å². The van der Waals surface area contributed by atoms with Crippen molar-refractivity contribution in [2.45, 2.75) is 45.1 Å². The van der Waals surface area contributed by atoms with Gasteiger partial charge in [-0.1, -0.05) is 6.42 Å². The summed E-state index contributed by atoms with van der Waals surface area (Å²) in [6.45, 7) is 4.65. The van der Waals surface area contributed by atoms with Crippen LogP contribution >= 0.6 is 0 Å². The van der Waals surface area contributed by atoms with E-state index in [2.05, 4.69) is 5.48 Å². The average Bonchev–Trinajstić information content (AvgIpc) is 2.59. The molecule has 3 heteroatoms. The van der Waals surface area contributed by atoms with Crippen molar-refractivity contribution in [2.24, 2.45) is 5.41 Å². The normalized spacial score (nSPS) is 31.1. The van der Waals surface area contributed by atoms with Crippen LogP contribution in [0.15, 0.2) is 0 Å². The first-order valence-electron chi connectivity index (χ1n) is 5.82. The second kappa shape index (κ2) is 4.60. The van der Waals surface area contributed by atoms with Gasteiger partial charge in [-0.25, -0.2) is 0 Å². The van der Waals surface area contributed by atoms with Crippen LogP contribution < -0.4 is 5.48 Å². The molecule has 1 atom stereocenters. The maximum Gasteiger partial charge on any atom is 0.0654 e. The first-order chi connectivity index (χ1) is 6.87. The third kappa shape index (κ3) is 1.95. The summed E-state index contributed by atoms with van der Waals surface area (Å²) in [5, 5.41) is 0. The Labute approximate surface area is 86.1 Å². The molecule has 0 aromatic rings. The van der Waals surface area contributed by atoms with Crippen molar-refractivity contribution in [3.05, 3.63) is 0 Å². The fourth-order valence-corrected chi connectivity index (χ4v) is 2.88. The first kappa shape index (κ1) is 10.4. The van der Waals surface area contributed by atoms with E-state index in [4.69, 9.17) is 9.57 Å². The molecule has 3 nitrogen and oxygen atoms in total. The summed E-state index contributed by atoms with van der Waals surface area (Å²) in [6.07, 6.45) is 6.36. The van der Waals surface area contributed by atoms with Crippen molar-refractivity contribution in [1.29, 1.82) is 0 Å². The van der Waals surface area contributed by atoms with E-state index in [0.717, 1.165) is 19.8 Å². The molecule has 0 radical (unpaired) electrons. The lowest BCUT2D eigenvalue weighted by Gasteiger charge is -2.38. The zero-order chi connectivity index (χ0) is 9.86. The minimum atomic E-state index is 0.480. The van der Waals surface area contributed by atoms with Gasteiger partial charge in [-0.05, 0) is 38.0 Å². The highest BCUT2D eigenvalue weighted by Gasteiger charge is 2.43. The summed E-state index contributed by atoms with van der Waals surface area (Å²) in [7, 11) is 0. The molecule has 2 aliphatic rings. The van der Waals surface area contributed by atoms with Crippen LogP contribution in [0.5, 0.6) is 0 Å². The third-order valence-electron chi connectivity index (χ3n) is 3.77. The maximum atomic E-state index is 5.44. The predicted octanol–water partition coefficient (Wildman–Crippen LogP) is 1.88. The van der Waals surface area contributed by atoms with E-state index in [1.165, 1.54) is 32.1 Å². The molecule has 1 saturated heterocycles. The van der Waals surface area contributed by atoms with Crippen molar-refractivity contribution in [3.63, 3.8) is 0 Å². The molecule has 1 heterocycles. The van der Waals surface area contributed by atoms with E-state index in [0.29, 0.717) is 11.5 Å². The molecule has 2 fully saturated rings. The van der Waals surface area contributed by atoms with Gasteiger partial charge in [-0.3, -0.25) is 0 Å². The van der Waals surface area contributed by atoms with Crippen molar-refractivity contribution in [3.8, 4) is 0 Å². The zero-order valence-electron chi connectivity index (χ0n) is 9.05. The topological polar surface area (TPSA) is 30.5 Å². The van der Waals surface area contributed by atoms with Crippen LogP contribution in [0.2, 0.25) is 0 Å². The van der Waals surface area contributed by atoms with Gasteiger partial charge >= 0.3 is 0 Å². The summed E-state index contributed by atoms with van der Waals surface area (Å²) in [6, 6.07) is 0.561. The van der Waals surface area contributed by atoms with Gasteiger partial charge in [0.25, 0.3) is 0 Å². The molecule has 0 amide bonds. The Morgan fingerprint density at radius 2 is 2.14 bits per heavy atom. The molecule has 1 unspecified atom stereocenters. The Kier molecular flexibility index (Phi) is 3.42. The highest BCUT2D eigenvalue weighted by molar-refractivity contribution is 4.96. The molecule has 0 bridgehead atoms. The molecule has 1 aliphatic heterocycles. The summed E-state index contributed by atoms with van der Waals surface area (Å²) in [5.41, 5.74) is 3.72. The smallest absolute Gasteiger partial charge is 0.0654 e. The highest BCUT2D eigenvalue weighted by atomic mass is 16.6. The quantitative estimate of drug-likeness (QED) is 0.704. The molecule has 1 saturated carbocycles. The van der Waals surface area contributed by atoms with Gasteiger partial charge in [0, 0.05) is 19.3 Å². The molecular weight excluding hydrogens is 178 g/mol. The lowest BCUT2D eigenvalue weighted by Crippen LogP contribution is -2.44. The number of nitrogens with one attached hydrogen (secondary N) is 1. The Bertz CT molecular complexity index is 178. The van der Waals surface area contributed by atoms with E-state index < -0.39 is 0 Å². The predicted molar refractivity (Wildman–Crippen MR) is 54.9 cm³/mol. The molecular formula is C11H21NO2. The van der Waals surface area contributed by atoms with Crippen LogP contribution in [0.4, 0.5) is 0 Å². The molecule has 1 aliphatic carbocycles. The van der Waals surface area contributed by atoms with Crippen LogP contribution in [0, 0.1) is 5.41 Å². The summed E-state index contributed by atoms with van der Waals surface area (Å²) < 4.78 is 5.44. The standard InChI is InChI=1S/C11H21NO2/c1-2-14-12-10-4-3-5-11(10)6-8-13-9-7-11/h10,12H,2-9H2,1H3. The van der Waals surface area contributed by atoms with Crippen molar-refractivity contribution < 1.29 is 9.57 Å². The lowest BCUT2D eigenvalue weighted by atomic mass is 9.76. The summed E-state index contributed by atoms with van der Waals surface area (Å²) in [5.74, 6) is 0. The number of hydrogen-bond acceptors (Lipinski definition) is 3. The highest BCUT2D eigenvalue weighted by Crippen LogP contribution is 2.45. The molecule has 0 aromatic heterocycles. The second-order valence-corrected chi connectivity index (χ2v) is 4.47.